The molecular weight excluding hydrogens is 305 g/mol. The van der Waals surface area contributed by atoms with Crippen molar-refractivity contribution in [2.24, 2.45) is 0 Å². The van der Waals surface area contributed by atoms with Crippen molar-refractivity contribution >= 4 is 23.1 Å². The van der Waals surface area contributed by atoms with Crippen LogP contribution in [-0.2, 0) is 0 Å². The van der Waals surface area contributed by atoms with Crippen LogP contribution in [-0.4, -0.2) is 26.1 Å². The fraction of sp³-hybridized carbons (Fsp3) is 0.267. The van der Waals surface area contributed by atoms with Crippen molar-refractivity contribution in [1.82, 2.24) is 19.6 Å². The highest BCUT2D eigenvalue weighted by molar-refractivity contribution is 6.30. The first-order valence-electron chi connectivity index (χ1n) is 7.10. The van der Waals surface area contributed by atoms with Crippen LogP contribution in [0.2, 0.25) is 5.15 Å². The standard InChI is InChI=1S/C15H13ClFN5/c16-15-11(8-10(17)9-18-15)12-2-1-6-21(12)13-4-7-22-14(20-13)3-5-19-22/h3-5,7-9,12H,1-2,6H2. The van der Waals surface area contributed by atoms with E-state index in [-0.39, 0.29) is 11.9 Å². The summed E-state index contributed by atoms with van der Waals surface area (Å²) in [6, 6.07) is 5.23. The van der Waals surface area contributed by atoms with Gasteiger partial charge in [-0.25, -0.2) is 18.9 Å². The maximum atomic E-state index is 13.5. The van der Waals surface area contributed by atoms with Gasteiger partial charge in [0.15, 0.2) is 5.65 Å². The van der Waals surface area contributed by atoms with Gasteiger partial charge in [-0.05, 0) is 25.0 Å². The van der Waals surface area contributed by atoms with Crippen LogP contribution in [0.4, 0.5) is 10.2 Å². The van der Waals surface area contributed by atoms with Gasteiger partial charge in [-0.3, -0.25) is 0 Å². The summed E-state index contributed by atoms with van der Waals surface area (Å²) in [6.45, 7) is 0.856. The summed E-state index contributed by atoms with van der Waals surface area (Å²) < 4.78 is 15.2. The zero-order valence-electron chi connectivity index (χ0n) is 11.7. The Hall–Kier alpha value is -2.21. The van der Waals surface area contributed by atoms with Gasteiger partial charge < -0.3 is 4.90 Å². The highest BCUT2D eigenvalue weighted by Crippen LogP contribution is 2.37. The van der Waals surface area contributed by atoms with Gasteiger partial charge in [-0.2, -0.15) is 5.10 Å². The minimum Gasteiger partial charge on any atom is -0.349 e. The summed E-state index contributed by atoms with van der Waals surface area (Å²) in [5.74, 6) is 0.473. The van der Waals surface area contributed by atoms with Crippen molar-refractivity contribution < 1.29 is 4.39 Å². The van der Waals surface area contributed by atoms with Crippen molar-refractivity contribution in [3.63, 3.8) is 0 Å². The first-order chi connectivity index (χ1) is 10.7. The van der Waals surface area contributed by atoms with Crippen molar-refractivity contribution in [2.75, 3.05) is 11.4 Å². The number of hydrogen-bond acceptors (Lipinski definition) is 4. The Morgan fingerprint density at radius 2 is 2.23 bits per heavy atom. The maximum absolute atomic E-state index is 13.5. The van der Waals surface area contributed by atoms with Crippen LogP contribution in [0.25, 0.3) is 5.65 Å². The van der Waals surface area contributed by atoms with Crippen LogP contribution in [0.15, 0.2) is 36.8 Å². The van der Waals surface area contributed by atoms with Crippen LogP contribution < -0.4 is 4.90 Å². The first kappa shape index (κ1) is 13.5. The Balaban J connectivity index is 1.75. The second-order valence-electron chi connectivity index (χ2n) is 5.30. The topological polar surface area (TPSA) is 46.3 Å². The Labute approximate surface area is 131 Å². The second-order valence-corrected chi connectivity index (χ2v) is 5.66. The molecule has 7 heteroatoms. The largest absolute Gasteiger partial charge is 0.349 e. The molecule has 0 radical (unpaired) electrons. The van der Waals surface area contributed by atoms with Gasteiger partial charge in [0.1, 0.15) is 16.8 Å². The molecule has 0 bridgehead atoms. The number of nitrogens with zero attached hydrogens (tertiary/aromatic N) is 5. The molecule has 0 N–H and O–H groups in total. The van der Waals surface area contributed by atoms with E-state index in [1.807, 2.05) is 18.3 Å². The number of aromatic nitrogens is 4. The van der Waals surface area contributed by atoms with E-state index in [0.717, 1.165) is 37.0 Å². The lowest BCUT2D eigenvalue weighted by Crippen LogP contribution is -2.24. The Bertz CT molecular complexity index is 834. The molecule has 1 aliphatic heterocycles. The maximum Gasteiger partial charge on any atom is 0.157 e. The number of rotatable bonds is 2. The van der Waals surface area contributed by atoms with E-state index >= 15 is 0 Å². The predicted molar refractivity (Wildman–Crippen MR) is 81.5 cm³/mol. The molecule has 0 spiro atoms. The van der Waals surface area contributed by atoms with Crippen molar-refractivity contribution in [1.29, 1.82) is 0 Å². The molecular formula is C15H13ClFN5. The van der Waals surface area contributed by atoms with Crippen molar-refractivity contribution in [3.8, 4) is 0 Å². The summed E-state index contributed by atoms with van der Waals surface area (Å²) in [7, 11) is 0. The third kappa shape index (κ3) is 2.20. The summed E-state index contributed by atoms with van der Waals surface area (Å²) in [5, 5.41) is 4.49. The average Bonchev–Trinajstić information content (AvgIpc) is 3.17. The third-order valence-corrected chi connectivity index (χ3v) is 4.30. The number of anilines is 1. The molecule has 1 aliphatic rings. The predicted octanol–water partition coefficient (Wildman–Crippen LogP) is 3.26. The van der Waals surface area contributed by atoms with Crippen LogP contribution in [0.3, 0.4) is 0 Å². The summed E-state index contributed by atoms with van der Waals surface area (Å²) in [4.78, 5) is 10.7. The second kappa shape index (κ2) is 5.21. The zero-order valence-corrected chi connectivity index (χ0v) is 12.4. The molecule has 1 atom stereocenters. The molecule has 1 unspecified atom stereocenters. The molecule has 112 valence electrons. The highest BCUT2D eigenvalue weighted by atomic mass is 35.5. The molecule has 0 amide bonds. The van der Waals surface area contributed by atoms with Crippen molar-refractivity contribution in [3.05, 3.63) is 53.3 Å². The molecule has 1 saturated heterocycles. The van der Waals surface area contributed by atoms with Gasteiger partial charge in [-0.15, -0.1) is 0 Å². The van der Waals surface area contributed by atoms with Gasteiger partial charge >= 0.3 is 0 Å². The normalized spacial score (nSPS) is 18.3. The summed E-state index contributed by atoms with van der Waals surface area (Å²) in [6.07, 6.45) is 6.63. The number of hydrogen-bond donors (Lipinski definition) is 0. The fourth-order valence-electron chi connectivity index (χ4n) is 3.00. The molecule has 3 aromatic rings. The lowest BCUT2D eigenvalue weighted by Gasteiger charge is -2.26. The SMILES string of the molecule is Fc1cnc(Cl)c(C2CCCN2c2ccn3nccc3n2)c1. The fourth-order valence-corrected chi connectivity index (χ4v) is 3.23. The summed E-state index contributed by atoms with van der Waals surface area (Å²) in [5.41, 5.74) is 1.50. The average molecular weight is 318 g/mol. The number of fused-ring (bicyclic) bond motifs is 1. The quantitative estimate of drug-likeness (QED) is 0.681. The van der Waals surface area contributed by atoms with Crippen LogP contribution in [0, 0.1) is 5.82 Å². The lowest BCUT2D eigenvalue weighted by molar-refractivity contribution is 0.610. The van der Waals surface area contributed by atoms with E-state index in [1.165, 1.54) is 6.07 Å². The summed E-state index contributed by atoms with van der Waals surface area (Å²) >= 11 is 6.17. The van der Waals surface area contributed by atoms with Gasteiger partial charge in [0.2, 0.25) is 0 Å². The van der Waals surface area contributed by atoms with E-state index < -0.39 is 0 Å². The zero-order chi connectivity index (χ0) is 15.1. The van der Waals surface area contributed by atoms with Gasteiger partial charge in [0.05, 0.1) is 18.4 Å². The third-order valence-electron chi connectivity index (χ3n) is 3.98. The Morgan fingerprint density at radius 1 is 1.32 bits per heavy atom. The van der Waals surface area contributed by atoms with E-state index in [0.29, 0.717) is 10.7 Å². The van der Waals surface area contributed by atoms with Crippen LogP contribution in [0.5, 0.6) is 0 Å². The van der Waals surface area contributed by atoms with Gasteiger partial charge in [0, 0.05) is 24.4 Å². The molecule has 4 rings (SSSR count). The molecule has 22 heavy (non-hydrogen) atoms. The molecule has 0 aromatic carbocycles. The van der Waals surface area contributed by atoms with Crippen LogP contribution >= 0.6 is 11.6 Å². The van der Waals surface area contributed by atoms with E-state index in [1.54, 1.807) is 10.7 Å². The molecule has 0 aliphatic carbocycles. The molecule has 3 aromatic heterocycles. The lowest BCUT2D eigenvalue weighted by atomic mass is 10.1. The highest BCUT2D eigenvalue weighted by Gasteiger charge is 2.29. The Kier molecular flexibility index (Phi) is 3.18. The number of halogens is 2. The van der Waals surface area contributed by atoms with E-state index in [9.17, 15) is 4.39 Å². The minimum absolute atomic E-state index is 0.00595. The smallest absolute Gasteiger partial charge is 0.157 e. The van der Waals surface area contributed by atoms with Gasteiger partial charge in [-0.1, -0.05) is 11.6 Å². The Morgan fingerprint density at radius 3 is 3.14 bits per heavy atom. The molecule has 0 saturated carbocycles. The monoisotopic (exact) mass is 317 g/mol. The first-order valence-corrected chi connectivity index (χ1v) is 7.48. The number of pyridine rings is 1. The molecule has 4 heterocycles. The van der Waals surface area contributed by atoms with E-state index in [4.69, 9.17) is 11.6 Å². The van der Waals surface area contributed by atoms with Crippen LogP contribution in [0.1, 0.15) is 24.4 Å². The molecule has 1 fully saturated rings. The van der Waals surface area contributed by atoms with Crippen molar-refractivity contribution in [2.45, 2.75) is 18.9 Å². The molecule has 5 nitrogen and oxygen atoms in total. The minimum atomic E-state index is -0.370. The van der Waals surface area contributed by atoms with E-state index in [2.05, 4.69) is 20.0 Å². The van der Waals surface area contributed by atoms with Gasteiger partial charge in [0.25, 0.3) is 0 Å².